The summed E-state index contributed by atoms with van der Waals surface area (Å²) in [7, 11) is 1.53. The quantitative estimate of drug-likeness (QED) is 0.641. The number of nitrogens with zero attached hydrogens (tertiary/aromatic N) is 1. The summed E-state index contributed by atoms with van der Waals surface area (Å²) >= 11 is 0.662. The minimum absolute atomic E-state index is 0. The van der Waals surface area contributed by atoms with Crippen LogP contribution < -0.4 is 56.1 Å². The molecular weight excluding hydrogens is 291 g/mol. The van der Waals surface area contributed by atoms with Crippen molar-refractivity contribution in [2.45, 2.75) is 5.16 Å². The molecule has 1 heterocycles. The van der Waals surface area contributed by atoms with Crippen LogP contribution in [0.2, 0.25) is 0 Å². The number of nitrogens with one attached hydrogen (secondary N) is 1. The maximum absolute atomic E-state index is 12.1. The Labute approximate surface area is 149 Å². The number of aromatic nitrogens is 2. The Balaban J connectivity index is 0.00000162. The molecule has 0 saturated carbocycles. The zero-order valence-corrected chi connectivity index (χ0v) is 13.9. The second-order valence-corrected chi connectivity index (χ2v) is 4.46. The van der Waals surface area contributed by atoms with Crippen molar-refractivity contribution in [1.82, 2.24) is 9.97 Å². The number of benzene rings is 1. The number of hydrogen-bond acceptors (Lipinski definition) is 3. The number of fused-ring (bicyclic) bond motifs is 1. The van der Waals surface area contributed by atoms with Gasteiger partial charge in [-0.2, -0.15) is 0 Å². The molecular formula is C9H9BF3KN2OS. The van der Waals surface area contributed by atoms with Gasteiger partial charge in [-0.1, -0.05) is 0 Å². The van der Waals surface area contributed by atoms with E-state index < -0.39 is 12.6 Å². The molecule has 2 aromatic rings. The Kier molecular flexibility index (Phi) is 6.07. The van der Waals surface area contributed by atoms with Crippen molar-refractivity contribution in [2.24, 2.45) is 0 Å². The number of rotatable bonds is 4. The van der Waals surface area contributed by atoms with Gasteiger partial charge in [-0.05, 0) is 17.8 Å². The SMILES string of the molecule is COc1ccc2nc(SC[B-](F)(F)F)[nH]c2c1.[K+]. The van der Waals surface area contributed by atoms with E-state index in [2.05, 4.69) is 9.97 Å². The number of H-pyrrole nitrogens is 1. The smallest absolute Gasteiger partial charge is 0.497 e. The third-order valence-electron chi connectivity index (χ3n) is 2.08. The summed E-state index contributed by atoms with van der Waals surface area (Å²) in [6.07, 6.45) is 0. The molecule has 0 bridgehead atoms. The fraction of sp³-hybridized carbons (Fsp3) is 0.222. The fourth-order valence-electron chi connectivity index (χ4n) is 1.33. The van der Waals surface area contributed by atoms with E-state index in [1.54, 1.807) is 18.2 Å². The first-order valence-electron chi connectivity index (χ1n) is 4.85. The number of imidazole rings is 1. The molecule has 0 aliphatic carbocycles. The van der Waals surface area contributed by atoms with Crippen LogP contribution in [0.15, 0.2) is 23.4 Å². The summed E-state index contributed by atoms with van der Waals surface area (Å²) < 4.78 is 41.3. The molecule has 0 saturated heterocycles. The third-order valence-corrected chi connectivity index (χ3v) is 3.09. The molecule has 0 atom stereocenters. The van der Waals surface area contributed by atoms with Gasteiger partial charge in [-0.15, -0.1) is 11.8 Å². The van der Waals surface area contributed by atoms with Crippen LogP contribution in [0.3, 0.4) is 0 Å². The number of aromatic amines is 1. The van der Waals surface area contributed by atoms with Crippen LogP contribution in [-0.2, 0) is 0 Å². The predicted octanol–water partition coefficient (Wildman–Crippen LogP) is 0.0542. The van der Waals surface area contributed by atoms with E-state index in [9.17, 15) is 12.9 Å². The van der Waals surface area contributed by atoms with Crippen molar-refractivity contribution in [3.63, 3.8) is 0 Å². The molecule has 0 aliphatic rings. The molecule has 0 spiro atoms. The van der Waals surface area contributed by atoms with Gasteiger partial charge < -0.3 is 22.7 Å². The van der Waals surface area contributed by atoms with Gasteiger partial charge in [0, 0.05) is 6.07 Å². The van der Waals surface area contributed by atoms with E-state index >= 15 is 0 Å². The summed E-state index contributed by atoms with van der Waals surface area (Å²) in [5.74, 6) is 0.637. The predicted molar refractivity (Wildman–Crippen MR) is 62.4 cm³/mol. The zero-order chi connectivity index (χ0) is 12.5. The van der Waals surface area contributed by atoms with Gasteiger partial charge in [-0.3, -0.25) is 0 Å². The molecule has 0 unspecified atom stereocenters. The average Bonchev–Trinajstić information content (AvgIpc) is 2.66. The Bertz CT molecular complexity index is 534. The molecule has 0 radical (unpaired) electrons. The monoisotopic (exact) mass is 300 g/mol. The maximum Gasteiger partial charge on any atom is 1.00 e. The number of methoxy groups -OCH3 is 1. The van der Waals surface area contributed by atoms with Gasteiger partial charge in [0.2, 0.25) is 0 Å². The second-order valence-electron chi connectivity index (χ2n) is 3.45. The molecule has 2 rings (SSSR count). The Morgan fingerprint density at radius 3 is 2.72 bits per heavy atom. The van der Waals surface area contributed by atoms with Crippen molar-refractivity contribution in [3.05, 3.63) is 18.2 Å². The van der Waals surface area contributed by atoms with Crippen LogP contribution in [0, 0.1) is 0 Å². The van der Waals surface area contributed by atoms with Crippen molar-refractivity contribution >= 4 is 29.8 Å². The molecule has 0 fully saturated rings. The van der Waals surface area contributed by atoms with Gasteiger partial charge in [0.1, 0.15) is 5.75 Å². The van der Waals surface area contributed by atoms with Crippen LogP contribution in [-0.4, -0.2) is 29.7 Å². The standard InChI is InChI=1S/C9H9BF3N2OS.K/c1-16-6-2-3-7-8(4-6)15-9(14-7)17-5-10(11,12)13;/h2-4H,5H2,1H3,(H,14,15);/q-1;+1. The van der Waals surface area contributed by atoms with Gasteiger partial charge in [0.15, 0.2) is 5.16 Å². The average molecular weight is 300 g/mol. The van der Waals surface area contributed by atoms with Crippen molar-refractivity contribution in [2.75, 3.05) is 12.8 Å². The normalized spacial score (nSPS) is 11.3. The molecule has 1 aromatic heterocycles. The summed E-state index contributed by atoms with van der Waals surface area (Å²) in [5.41, 5.74) is 0.404. The van der Waals surface area contributed by atoms with E-state index in [0.717, 1.165) is 0 Å². The van der Waals surface area contributed by atoms with Crippen LogP contribution in [0.1, 0.15) is 0 Å². The van der Waals surface area contributed by atoms with E-state index in [0.29, 0.717) is 28.5 Å². The van der Waals surface area contributed by atoms with E-state index in [1.165, 1.54) is 7.11 Å². The van der Waals surface area contributed by atoms with Gasteiger partial charge in [0.05, 0.1) is 18.1 Å². The second kappa shape index (κ2) is 6.67. The van der Waals surface area contributed by atoms with Crippen molar-refractivity contribution in [3.8, 4) is 5.75 Å². The zero-order valence-electron chi connectivity index (χ0n) is 9.91. The maximum atomic E-state index is 12.1. The largest absolute Gasteiger partial charge is 1.00 e. The molecule has 1 aromatic carbocycles. The number of thioether (sulfide) groups is 1. The first-order valence-corrected chi connectivity index (χ1v) is 5.84. The molecule has 1 N–H and O–H groups in total. The van der Waals surface area contributed by atoms with E-state index in [4.69, 9.17) is 4.74 Å². The summed E-state index contributed by atoms with van der Waals surface area (Å²) in [6.45, 7) is -4.79. The summed E-state index contributed by atoms with van der Waals surface area (Å²) in [6, 6.07) is 5.11. The number of ether oxygens (including phenoxy) is 1. The minimum atomic E-state index is -4.79. The minimum Gasteiger partial charge on any atom is -0.497 e. The van der Waals surface area contributed by atoms with Crippen LogP contribution in [0.4, 0.5) is 12.9 Å². The molecule has 92 valence electrons. The first kappa shape index (κ1) is 16.4. The Morgan fingerprint density at radius 1 is 1.39 bits per heavy atom. The number of hydrogen-bond donors (Lipinski definition) is 1. The van der Waals surface area contributed by atoms with Crippen molar-refractivity contribution in [1.29, 1.82) is 0 Å². The fourth-order valence-corrected chi connectivity index (χ4v) is 2.03. The van der Waals surface area contributed by atoms with Crippen molar-refractivity contribution < 1.29 is 69.1 Å². The first-order chi connectivity index (χ1) is 7.98. The summed E-state index contributed by atoms with van der Waals surface area (Å²) in [5, 5.41) is 0.271. The Morgan fingerprint density at radius 2 is 2.11 bits per heavy atom. The third kappa shape index (κ3) is 4.46. The molecule has 3 nitrogen and oxygen atoms in total. The van der Waals surface area contributed by atoms with Gasteiger partial charge in [-0.25, -0.2) is 4.98 Å². The topological polar surface area (TPSA) is 37.9 Å². The molecule has 9 heteroatoms. The van der Waals surface area contributed by atoms with E-state index in [1.807, 2.05) is 0 Å². The van der Waals surface area contributed by atoms with Crippen LogP contribution in [0.25, 0.3) is 11.0 Å². The summed E-state index contributed by atoms with van der Waals surface area (Å²) in [4.78, 5) is 6.88. The molecule has 0 amide bonds. The van der Waals surface area contributed by atoms with Gasteiger partial charge in [0.25, 0.3) is 0 Å². The molecule has 0 aliphatic heterocycles. The number of halogens is 3. The molecule has 18 heavy (non-hydrogen) atoms. The van der Waals surface area contributed by atoms with Gasteiger partial charge >= 0.3 is 58.4 Å². The Hall–Kier alpha value is 0.331. The van der Waals surface area contributed by atoms with E-state index in [-0.39, 0.29) is 56.5 Å². The van der Waals surface area contributed by atoms with Crippen LogP contribution >= 0.6 is 11.8 Å². The van der Waals surface area contributed by atoms with Crippen LogP contribution in [0.5, 0.6) is 5.75 Å².